The molecule has 0 spiro atoms. The Balaban J connectivity index is 1.82. The molecule has 1 atom stereocenters. The average Bonchev–Trinajstić information content (AvgIpc) is 3.14. The number of Topliss-reactive ketones (excluding diaryl/α,β-unsaturated/α-hetero) is 1. The first-order valence-corrected chi connectivity index (χ1v) is 10.9. The van der Waals surface area contributed by atoms with Crippen molar-refractivity contribution < 1.29 is 29.0 Å². The van der Waals surface area contributed by atoms with Crippen LogP contribution in [0.1, 0.15) is 48.4 Å². The van der Waals surface area contributed by atoms with E-state index in [0.29, 0.717) is 15.0 Å². The van der Waals surface area contributed by atoms with E-state index >= 15 is 0 Å². The highest BCUT2D eigenvalue weighted by Gasteiger charge is 2.48. The number of nitrogens with zero attached hydrogens (tertiary/aromatic N) is 4. The number of non-ortho nitro benzene ring substituents is 1. The van der Waals surface area contributed by atoms with E-state index in [1.165, 1.54) is 43.3 Å². The lowest BCUT2D eigenvalue weighted by molar-refractivity contribution is -0.385. The van der Waals surface area contributed by atoms with Crippen LogP contribution >= 0.6 is 11.6 Å². The van der Waals surface area contributed by atoms with Gasteiger partial charge in [-0.15, -0.1) is 0 Å². The van der Waals surface area contributed by atoms with Crippen LogP contribution in [0.3, 0.4) is 0 Å². The summed E-state index contributed by atoms with van der Waals surface area (Å²) in [5.41, 5.74) is -1.85. The highest BCUT2D eigenvalue weighted by atomic mass is 35.5. The second-order valence-electron chi connectivity index (χ2n) is 7.88. The third-order valence-corrected chi connectivity index (χ3v) is 5.94. The van der Waals surface area contributed by atoms with Crippen LogP contribution in [0.5, 0.6) is 0 Å². The van der Waals surface area contributed by atoms with Crippen LogP contribution in [0, 0.1) is 20.2 Å². The number of rotatable bonds is 7. The van der Waals surface area contributed by atoms with E-state index in [0.717, 1.165) is 30.3 Å². The number of halogens is 1. The zero-order chi connectivity index (χ0) is 27.0. The van der Waals surface area contributed by atoms with Crippen LogP contribution in [-0.2, 0) is 0 Å². The maximum absolute atomic E-state index is 13.6. The smallest absolute Gasteiger partial charge is 0.287 e. The van der Waals surface area contributed by atoms with Crippen LogP contribution < -0.4 is 0 Å². The lowest BCUT2D eigenvalue weighted by Crippen LogP contribution is -2.56. The number of nitro benzene ring substituents is 2. The minimum Gasteiger partial charge on any atom is -0.292 e. The van der Waals surface area contributed by atoms with E-state index in [4.69, 9.17) is 11.6 Å². The molecule has 0 N–H and O–H groups in total. The van der Waals surface area contributed by atoms with Crippen LogP contribution in [-0.4, -0.2) is 49.4 Å². The predicted molar refractivity (Wildman–Crippen MR) is 128 cm³/mol. The van der Waals surface area contributed by atoms with Crippen molar-refractivity contribution in [3.63, 3.8) is 0 Å². The summed E-state index contributed by atoms with van der Waals surface area (Å²) in [4.78, 5) is 74.6. The minimum absolute atomic E-state index is 0.112. The highest BCUT2D eigenvalue weighted by Crippen LogP contribution is 2.33. The largest absolute Gasteiger partial charge is 0.292 e. The molecule has 0 aliphatic carbocycles. The molecular formula is C24H15ClN4O8. The second-order valence-corrected chi connectivity index (χ2v) is 8.32. The first kappa shape index (κ1) is 25.1. The first-order valence-electron chi connectivity index (χ1n) is 10.6. The van der Waals surface area contributed by atoms with E-state index in [9.17, 15) is 39.4 Å². The molecule has 4 rings (SSSR count). The van der Waals surface area contributed by atoms with Crippen molar-refractivity contribution in [2.24, 2.45) is 0 Å². The summed E-state index contributed by atoms with van der Waals surface area (Å²) in [6.07, 6.45) is 0. The summed E-state index contributed by atoms with van der Waals surface area (Å²) in [6.45, 7) is 1.28. The number of hydrazine groups is 1. The fourth-order valence-corrected chi connectivity index (χ4v) is 3.99. The van der Waals surface area contributed by atoms with Crippen molar-refractivity contribution in [2.75, 3.05) is 0 Å². The standard InChI is InChI=1S/C24H15ClN4O8/c1-13(21(30)14-5-9-16(25)10-6-14)26(22(31)15-7-11-17(12-8-15)28(34)35)27-23(32)18-3-2-4-19(29(36)37)20(18)24(27)33/h2-13H,1H3/t13-/m1/s1. The molecule has 3 aromatic rings. The van der Waals surface area contributed by atoms with E-state index in [1.54, 1.807) is 0 Å². The van der Waals surface area contributed by atoms with Gasteiger partial charge in [-0.3, -0.25) is 39.4 Å². The number of carbonyl (C=O) groups is 4. The molecule has 0 aromatic heterocycles. The normalized spacial score (nSPS) is 13.2. The van der Waals surface area contributed by atoms with Gasteiger partial charge in [0.05, 0.1) is 15.4 Å². The number of amides is 3. The van der Waals surface area contributed by atoms with E-state index in [1.807, 2.05) is 0 Å². The molecule has 3 amide bonds. The van der Waals surface area contributed by atoms with Crippen molar-refractivity contribution in [3.8, 4) is 0 Å². The molecule has 0 saturated heterocycles. The van der Waals surface area contributed by atoms with Gasteiger partial charge in [0.1, 0.15) is 11.6 Å². The predicted octanol–water partition coefficient (Wildman–Crippen LogP) is 4.08. The molecule has 37 heavy (non-hydrogen) atoms. The Hall–Kier alpha value is -4.97. The minimum atomic E-state index is -1.45. The fourth-order valence-electron chi connectivity index (χ4n) is 3.87. The molecule has 1 heterocycles. The lowest BCUT2D eigenvalue weighted by atomic mass is 10.0. The molecule has 3 aromatic carbocycles. The summed E-state index contributed by atoms with van der Waals surface area (Å²) in [5.74, 6) is -3.90. The van der Waals surface area contributed by atoms with Gasteiger partial charge in [0.15, 0.2) is 5.78 Å². The van der Waals surface area contributed by atoms with Gasteiger partial charge in [0.2, 0.25) is 0 Å². The van der Waals surface area contributed by atoms with Gasteiger partial charge in [0.25, 0.3) is 29.1 Å². The number of hydrogen-bond acceptors (Lipinski definition) is 8. The number of carbonyl (C=O) groups excluding carboxylic acids is 4. The molecule has 1 aliphatic heterocycles. The number of fused-ring (bicyclic) bond motifs is 1. The first-order chi connectivity index (χ1) is 17.5. The van der Waals surface area contributed by atoms with Crippen molar-refractivity contribution >= 4 is 46.5 Å². The van der Waals surface area contributed by atoms with Gasteiger partial charge >= 0.3 is 0 Å². The molecule has 0 radical (unpaired) electrons. The molecule has 0 bridgehead atoms. The van der Waals surface area contributed by atoms with Gasteiger partial charge in [0, 0.05) is 34.3 Å². The summed E-state index contributed by atoms with van der Waals surface area (Å²) < 4.78 is 0. The van der Waals surface area contributed by atoms with E-state index in [-0.39, 0.29) is 22.4 Å². The Kier molecular flexibility index (Phi) is 6.51. The Morgan fingerprint density at radius 1 is 0.865 bits per heavy atom. The van der Waals surface area contributed by atoms with Gasteiger partial charge < -0.3 is 0 Å². The van der Waals surface area contributed by atoms with Crippen LogP contribution in [0.25, 0.3) is 0 Å². The summed E-state index contributed by atoms with van der Waals surface area (Å²) in [6, 6.07) is 12.0. The van der Waals surface area contributed by atoms with Crippen LogP contribution in [0.15, 0.2) is 66.7 Å². The van der Waals surface area contributed by atoms with Gasteiger partial charge in [-0.25, -0.2) is 5.01 Å². The molecule has 0 unspecified atom stereocenters. The Bertz CT molecular complexity index is 1490. The zero-order valence-electron chi connectivity index (χ0n) is 18.9. The number of imide groups is 1. The molecule has 1 aliphatic rings. The summed E-state index contributed by atoms with van der Waals surface area (Å²) in [7, 11) is 0. The number of hydrogen-bond donors (Lipinski definition) is 0. The summed E-state index contributed by atoms with van der Waals surface area (Å²) >= 11 is 5.88. The van der Waals surface area contributed by atoms with E-state index in [2.05, 4.69) is 0 Å². The van der Waals surface area contributed by atoms with Gasteiger partial charge in [-0.05, 0) is 49.4 Å². The van der Waals surface area contributed by atoms with E-state index < -0.39 is 50.6 Å². The molecule has 186 valence electrons. The molecule has 0 fully saturated rings. The van der Waals surface area contributed by atoms with Crippen LogP contribution in [0.4, 0.5) is 11.4 Å². The van der Waals surface area contributed by atoms with Crippen molar-refractivity contribution in [3.05, 3.63) is 114 Å². The topological polar surface area (TPSA) is 161 Å². The van der Waals surface area contributed by atoms with Crippen LogP contribution in [0.2, 0.25) is 5.02 Å². The Labute approximate surface area is 212 Å². The maximum atomic E-state index is 13.6. The third kappa shape index (κ3) is 4.41. The van der Waals surface area contributed by atoms with Gasteiger partial charge in [-0.2, -0.15) is 5.01 Å². The maximum Gasteiger partial charge on any atom is 0.287 e. The van der Waals surface area contributed by atoms with Crippen molar-refractivity contribution in [2.45, 2.75) is 13.0 Å². The quantitative estimate of drug-likeness (QED) is 0.194. The number of nitro groups is 2. The Morgan fingerprint density at radius 2 is 1.46 bits per heavy atom. The highest BCUT2D eigenvalue weighted by molar-refractivity contribution is 6.30. The summed E-state index contributed by atoms with van der Waals surface area (Å²) in [5, 5.41) is 23.9. The zero-order valence-corrected chi connectivity index (χ0v) is 19.6. The second kappa shape index (κ2) is 9.59. The fraction of sp³-hybridized carbons (Fsp3) is 0.0833. The van der Waals surface area contributed by atoms with Gasteiger partial charge in [-0.1, -0.05) is 17.7 Å². The van der Waals surface area contributed by atoms with Crippen molar-refractivity contribution in [1.82, 2.24) is 10.0 Å². The third-order valence-electron chi connectivity index (χ3n) is 5.69. The molecule has 0 saturated carbocycles. The molecule has 13 heteroatoms. The molecule has 12 nitrogen and oxygen atoms in total. The lowest BCUT2D eigenvalue weighted by Gasteiger charge is -2.34. The SMILES string of the molecule is C[C@H](C(=O)c1ccc(Cl)cc1)N(C(=O)c1ccc([N+](=O)[O-])cc1)N1C(=O)c2cccc([N+](=O)[O-])c2C1=O. The van der Waals surface area contributed by atoms with Crippen molar-refractivity contribution in [1.29, 1.82) is 0 Å². The monoisotopic (exact) mass is 522 g/mol. The number of ketones is 1. The average molecular weight is 523 g/mol. The number of benzene rings is 3. The molecular weight excluding hydrogens is 508 g/mol. The Morgan fingerprint density at radius 3 is 2.03 bits per heavy atom.